The first-order valence-electron chi connectivity index (χ1n) is 9.87. The Bertz CT molecular complexity index is 992. The zero-order valence-corrected chi connectivity index (χ0v) is 17.4. The number of rotatable bonds is 3. The summed E-state index contributed by atoms with van der Waals surface area (Å²) in [6.07, 6.45) is 1.87. The summed E-state index contributed by atoms with van der Waals surface area (Å²) < 4.78 is 0. The van der Waals surface area contributed by atoms with E-state index in [0.29, 0.717) is 35.9 Å². The normalized spacial score (nSPS) is 20.5. The van der Waals surface area contributed by atoms with Crippen LogP contribution in [0.15, 0.2) is 53.7 Å². The SMILES string of the molecule is Cc1ccc(NC(=O)N2CCCC3(CC(C(=O)Nc4cccc(Cl)c4)=NO3)C2)cc1. The van der Waals surface area contributed by atoms with E-state index in [0.717, 1.165) is 24.1 Å². The number of carbonyl (C=O) groups excluding carboxylic acids is 2. The summed E-state index contributed by atoms with van der Waals surface area (Å²) in [6.45, 7) is 3.01. The molecule has 0 radical (unpaired) electrons. The van der Waals surface area contributed by atoms with E-state index in [4.69, 9.17) is 16.4 Å². The van der Waals surface area contributed by atoms with Crippen LogP contribution in [0.4, 0.5) is 16.2 Å². The van der Waals surface area contributed by atoms with Crippen LogP contribution in [0.1, 0.15) is 24.8 Å². The second-order valence-corrected chi connectivity index (χ2v) is 8.21. The summed E-state index contributed by atoms with van der Waals surface area (Å²) in [4.78, 5) is 32.7. The number of amides is 3. The van der Waals surface area contributed by atoms with Crippen LogP contribution < -0.4 is 10.6 Å². The second-order valence-electron chi connectivity index (χ2n) is 7.77. The van der Waals surface area contributed by atoms with E-state index in [1.54, 1.807) is 29.2 Å². The number of piperidine rings is 1. The number of likely N-dealkylation sites (tertiary alicyclic amines) is 1. The third kappa shape index (κ3) is 4.57. The largest absolute Gasteiger partial charge is 0.386 e. The molecule has 7 nitrogen and oxygen atoms in total. The maximum Gasteiger partial charge on any atom is 0.321 e. The first-order chi connectivity index (χ1) is 14.4. The third-order valence-electron chi connectivity index (χ3n) is 5.31. The van der Waals surface area contributed by atoms with Crippen molar-refractivity contribution in [1.29, 1.82) is 0 Å². The molecule has 2 aliphatic heterocycles. The van der Waals surface area contributed by atoms with E-state index >= 15 is 0 Å². The van der Waals surface area contributed by atoms with Crippen LogP contribution in [0.5, 0.6) is 0 Å². The Kier molecular flexibility index (Phi) is 5.63. The summed E-state index contributed by atoms with van der Waals surface area (Å²) in [6, 6.07) is 14.4. The summed E-state index contributed by atoms with van der Waals surface area (Å²) in [5.74, 6) is -0.324. The van der Waals surface area contributed by atoms with Crippen molar-refractivity contribution in [3.63, 3.8) is 0 Å². The number of hydrogen-bond acceptors (Lipinski definition) is 4. The number of aryl methyl sites for hydroxylation is 1. The van der Waals surface area contributed by atoms with Crippen molar-refractivity contribution in [2.45, 2.75) is 31.8 Å². The molecule has 0 bridgehead atoms. The van der Waals surface area contributed by atoms with Gasteiger partial charge in [-0.3, -0.25) is 4.79 Å². The maximum atomic E-state index is 12.7. The standard InChI is InChI=1S/C22H23ClN4O3/c1-15-6-8-17(9-7-15)25-21(29)27-11-3-10-22(14-27)13-19(26-30-22)20(28)24-18-5-2-4-16(23)12-18/h2,4-9,12H,3,10-11,13-14H2,1H3,(H,24,28)(H,25,29). The van der Waals surface area contributed by atoms with E-state index in [1.807, 2.05) is 31.2 Å². The number of halogens is 1. The van der Waals surface area contributed by atoms with Crippen molar-refractivity contribution in [3.8, 4) is 0 Å². The number of carbonyl (C=O) groups is 2. The van der Waals surface area contributed by atoms with Crippen molar-refractivity contribution in [2.24, 2.45) is 5.16 Å². The topological polar surface area (TPSA) is 83.0 Å². The van der Waals surface area contributed by atoms with E-state index in [9.17, 15) is 9.59 Å². The van der Waals surface area contributed by atoms with Gasteiger partial charge in [0.1, 0.15) is 5.71 Å². The van der Waals surface area contributed by atoms with Gasteiger partial charge in [0.05, 0.1) is 6.54 Å². The number of nitrogens with one attached hydrogen (secondary N) is 2. The number of oxime groups is 1. The second kappa shape index (κ2) is 8.36. The smallest absolute Gasteiger partial charge is 0.321 e. The molecular weight excluding hydrogens is 404 g/mol. The highest BCUT2D eigenvalue weighted by Crippen LogP contribution is 2.34. The Hall–Kier alpha value is -3.06. The first kappa shape index (κ1) is 20.2. The molecule has 0 aliphatic carbocycles. The van der Waals surface area contributed by atoms with Gasteiger partial charge in [-0.1, -0.05) is 40.5 Å². The molecule has 1 atom stereocenters. The van der Waals surface area contributed by atoms with Crippen LogP contribution in [0.25, 0.3) is 0 Å². The van der Waals surface area contributed by atoms with Crippen LogP contribution in [-0.2, 0) is 9.63 Å². The molecule has 1 fully saturated rings. The molecule has 1 spiro atoms. The number of hydrogen-bond donors (Lipinski definition) is 2. The fourth-order valence-electron chi connectivity index (χ4n) is 3.74. The zero-order chi connectivity index (χ0) is 21.1. The van der Waals surface area contributed by atoms with Gasteiger partial charge in [-0.25, -0.2) is 4.79 Å². The minimum absolute atomic E-state index is 0.182. The minimum Gasteiger partial charge on any atom is -0.386 e. The summed E-state index contributed by atoms with van der Waals surface area (Å²) in [7, 11) is 0. The molecule has 3 amide bonds. The number of urea groups is 1. The van der Waals surface area contributed by atoms with E-state index in [2.05, 4.69) is 15.8 Å². The monoisotopic (exact) mass is 426 g/mol. The van der Waals surface area contributed by atoms with Crippen LogP contribution in [-0.4, -0.2) is 41.2 Å². The van der Waals surface area contributed by atoms with Crippen molar-refractivity contribution >= 4 is 40.6 Å². The molecule has 0 saturated carbocycles. The predicted molar refractivity (Wildman–Crippen MR) is 117 cm³/mol. The van der Waals surface area contributed by atoms with Gasteiger partial charge < -0.3 is 20.4 Å². The van der Waals surface area contributed by atoms with Crippen molar-refractivity contribution in [2.75, 3.05) is 23.7 Å². The van der Waals surface area contributed by atoms with Crippen molar-refractivity contribution in [3.05, 3.63) is 59.1 Å². The molecule has 2 N–H and O–H groups in total. The number of nitrogens with zero attached hydrogens (tertiary/aromatic N) is 2. The number of anilines is 2. The highest BCUT2D eigenvalue weighted by molar-refractivity contribution is 6.43. The van der Waals surface area contributed by atoms with Crippen LogP contribution in [0.3, 0.4) is 0 Å². The molecular formula is C22H23ClN4O3. The molecule has 2 aromatic rings. The van der Waals surface area contributed by atoms with Gasteiger partial charge in [0.25, 0.3) is 5.91 Å². The van der Waals surface area contributed by atoms with Crippen LogP contribution in [0, 0.1) is 6.92 Å². The predicted octanol–water partition coefficient (Wildman–Crippen LogP) is 4.43. The Labute approximate surface area is 180 Å². The highest BCUT2D eigenvalue weighted by Gasteiger charge is 2.45. The van der Waals surface area contributed by atoms with Gasteiger partial charge in [-0.2, -0.15) is 0 Å². The fraction of sp³-hybridized carbons (Fsp3) is 0.318. The van der Waals surface area contributed by atoms with Gasteiger partial charge in [-0.05, 0) is 50.1 Å². The van der Waals surface area contributed by atoms with Gasteiger partial charge >= 0.3 is 6.03 Å². The number of benzene rings is 2. The lowest BCUT2D eigenvalue weighted by molar-refractivity contribution is -0.110. The molecule has 30 heavy (non-hydrogen) atoms. The van der Waals surface area contributed by atoms with Crippen molar-refractivity contribution in [1.82, 2.24) is 4.90 Å². The zero-order valence-electron chi connectivity index (χ0n) is 16.7. The lowest BCUT2D eigenvalue weighted by Gasteiger charge is -2.38. The summed E-state index contributed by atoms with van der Waals surface area (Å²) in [5.41, 5.74) is 2.12. The molecule has 2 aliphatic rings. The molecule has 4 rings (SSSR count). The fourth-order valence-corrected chi connectivity index (χ4v) is 3.93. The Morgan fingerprint density at radius 1 is 1.13 bits per heavy atom. The summed E-state index contributed by atoms with van der Waals surface area (Å²) >= 11 is 5.97. The van der Waals surface area contributed by atoms with Crippen LogP contribution in [0.2, 0.25) is 5.02 Å². The third-order valence-corrected chi connectivity index (χ3v) is 5.55. The van der Waals surface area contributed by atoms with Crippen LogP contribution >= 0.6 is 11.6 Å². The quantitative estimate of drug-likeness (QED) is 0.761. The Balaban J connectivity index is 1.36. The summed E-state index contributed by atoms with van der Waals surface area (Å²) in [5, 5.41) is 10.3. The average molecular weight is 427 g/mol. The van der Waals surface area contributed by atoms with E-state index in [-0.39, 0.29) is 11.9 Å². The molecule has 2 aromatic carbocycles. The highest BCUT2D eigenvalue weighted by atomic mass is 35.5. The first-order valence-corrected chi connectivity index (χ1v) is 10.2. The molecule has 0 aromatic heterocycles. The lowest BCUT2D eigenvalue weighted by Crippen LogP contribution is -2.52. The van der Waals surface area contributed by atoms with Gasteiger partial charge in [0, 0.05) is 29.4 Å². The van der Waals surface area contributed by atoms with E-state index in [1.165, 1.54) is 0 Å². The molecule has 8 heteroatoms. The Morgan fingerprint density at radius 2 is 1.93 bits per heavy atom. The minimum atomic E-state index is -0.663. The Morgan fingerprint density at radius 3 is 2.70 bits per heavy atom. The van der Waals surface area contributed by atoms with E-state index < -0.39 is 5.60 Å². The maximum absolute atomic E-state index is 12.7. The molecule has 2 heterocycles. The molecule has 1 unspecified atom stereocenters. The van der Waals surface area contributed by atoms with Gasteiger partial charge in [0.2, 0.25) is 0 Å². The molecule has 1 saturated heterocycles. The van der Waals surface area contributed by atoms with Gasteiger partial charge in [0.15, 0.2) is 5.60 Å². The average Bonchev–Trinajstić information content (AvgIpc) is 3.13. The lowest BCUT2D eigenvalue weighted by atomic mass is 9.88. The molecule has 156 valence electrons. The van der Waals surface area contributed by atoms with Crippen molar-refractivity contribution < 1.29 is 14.4 Å². The van der Waals surface area contributed by atoms with Gasteiger partial charge in [-0.15, -0.1) is 0 Å².